The molecule has 0 bridgehead atoms. The van der Waals surface area contributed by atoms with Gasteiger partial charge in [0.2, 0.25) is 0 Å². The monoisotopic (exact) mass is 390 g/mol. The first kappa shape index (κ1) is 20.3. The molecule has 0 atom stereocenters. The minimum Gasteiger partial charge on any atom is -0.494 e. The fraction of sp³-hybridized carbons (Fsp3) is 0.619. The van der Waals surface area contributed by atoms with Gasteiger partial charge in [-0.3, -0.25) is 0 Å². The standard InChI is InChI=1S/C21H30N2O5/c1-15(2)28-21(26)22-9-5-16(6-10-22)8-12-27-19-4-3-18-14-23(20(24)25)11-7-17(18)13-19/h3-4,13,15-16H,5-12,14H2,1-2H3,(H,24,25). The van der Waals surface area contributed by atoms with Gasteiger partial charge in [0.15, 0.2) is 0 Å². The lowest BCUT2D eigenvalue weighted by atomic mass is 9.94. The number of hydrogen-bond acceptors (Lipinski definition) is 4. The van der Waals surface area contributed by atoms with Crippen LogP contribution in [0, 0.1) is 5.92 Å². The number of likely N-dealkylation sites (tertiary alicyclic amines) is 1. The summed E-state index contributed by atoms with van der Waals surface area (Å²) in [6, 6.07) is 5.94. The van der Waals surface area contributed by atoms with Crippen LogP contribution in [0.3, 0.4) is 0 Å². The quantitative estimate of drug-likeness (QED) is 0.828. The van der Waals surface area contributed by atoms with Crippen molar-refractivity contribution in [3.05, 3.63) is 29.3 Å². The lowest BCUT2D eigenvalue weighted by Gasteiger charge is -2.31. The minimum atomic E-state index is -0.866. The fourth-order valence-corrected chi connectivity index (χ4v) is 3.81. The summed E-state index contributed by atoms with van der Waals surface area (Å²) in [4.78, 5) is 26.3. The molecule has 7 heteroatoms. The number of nitrogens with zero attached hydrogens (tertiary/aromatic N) is 2. The highest BCUT2D eigenvalue weighted by atomic mass is 16.6. The van der Waals surface area contributed by atoms with E-state index >= 15 is 0 Å². The summed E-state index contributed by atoms with van der Waals surface area (Å²) in [6.07, 6.45) is 2.50. The third-order valence-electron chi connectivity index (χ3n) is 5.46. The van der Waals surface area contributed by atoms with E-state index in [-0.39, 0.29) is 12.2 Å². The predicted octanol–water partition coefficient (Wildman–Crippen LogP) is 3.75. The van der Waals surface area contributed by atoms with Gasteiger partial charge < -0.3 is 24.4 Å². The molecule has 28 heavy (non-hydrogen) atoms. The number of amides is 2. The number of fused-ring (bicyclic) bond motifs is 1. The summed E-state index contributed by atoms with van der Waals surface area (Å²) < 4.78 is 11.2. The lowest BCUT2D eigenvalue weighted by Crippen LogP contribution is -2.39. The normalized spacial score (nSPS) is 17.4. The number of piperidine rings is 1. The van der Waals surface area contributed by atoms with Gasteiger partial charge in [0.25, 0.3) is 0 Å². The zero-order valence-electron chi connectivity index (χ0n) is 16.7. The average molecular weight is 390 g/mol. The third kappa shape index (κ3) is 5.30. The average Bonchev–Trinajstić information content (AvgIpc) is 2.67. The molecule has 2 aliphatic rings. The molecule has 0 aliphatic carbocycles. The number of carbonyl (C=O) groups is 2. The lowest BCUT2D eigenvalue weighted by molar-refractivity contribution is 0.0637. The maximum atomic E-state index is 11.9. The Morgan fingerprint density at radius 1 is 1.14 bits per heavy atom. The molecule has 7 nitrogen and oxygen atoms in total. The Morgan fingerprint density at radius 2 is 1.89 bits per heavy atom. The van der Waals surface area contributed by atoms with E-state index in [1.165, 1.54) is 10.5 Å². The predicted molar refractivity (Wildman–Crippen MR) is 105 cm³/mol. The van der Waals surface area contributed by atoms with E-state index in [1.54, 1.807) is 4.90 Å². The first-order valence-corrected chi connectivity index (χ1v) is 10.1. The minimum absolute atomic E-state index is 0.0811. The van der Waals surface area contributed by atoms with Crippen LogP contribution in [0.15, 0.2) is 18.2 Å². The Hall–Kier alpha value is -2.44. The van der Waals surface area contributed by atoms with Crippen LogP contribution < -0.4 is 4.74 Å². The summed E-state index contributed by atoms with van der Waals surface area (Å²) in [5, 5.41) is 9.12. The Morgan fingerprint density at radius 3 is 2.57 bits per heavy atom. The molecule has 0 unspecified atom stereocenters. The molecule has 0 aromatic heterocycles. The molecule has 0 spiro atoms. The van der Waals surface area contributed by atoms with E-state index in [9.17, 15) is 9.59 Å². The molecule has 0 saturated carbocycles. The van der Waals surface area contributed by atoms with Gasteiger partial charge in [-0.05, 0) is 68.7 Å². The van der Waals surface area contributed by atoms with Gasteiger partial charge in [-0.2, -0.15) is 0 Å². The summed E-state index contributed by atoms with van der Waals surface area (Å²) in [7, 11) is 0. The van der Waals surface area contributed by atoms with Crippen LogP contribution in [0.25, 0.3) is 0 Å². The SMILES string of the molecule is CC(C)OC(=O)N1CCC(CCOc2ccc3c(c2)CCN(C(=O)O)C3)CC1. The van der Waals surface area contributed by atoms with Crippen molar-refractivity contribution in [1.29, 1.82) is 0 Å². The number of hydrogen-bond donors (Lipinski definition) is 1. The molecule has 1 aromatic carbocycles. The van der Waals surface area contributed by atoms with Crippen molar-refractivity contribution in [3.63, 3.8) is 0 Å². The number of benzene rings is 1. The van der Waals surface area contributed by atoms with Crippen molar-refractivity contribution >= 4 is 12.2 Å². The molecule has 1 N–H and O–H groups in total. The molecular formula is C21H30N2O5. The van der Waals surface area contributed by atoms with Crippen LogP contribution >= 0.6 is 0 Å². The second-order valence-electron chi connectivity index (χ2n) is 7.88. The maximum absolute atomic E-state index is 11.9. The first-order valence-electron chi connectivity index (χ1n) is 10.1. The summed E-state index contributed by atoms with van der Waals surface area (Å²) in [5.74, 6) is 1.41. The van der Waals surface area contributed by atoms with Crippen LogP contribution in [0.2, 0.25) is 0 Å². The molecule has 1 aromatic rings. The van der Waals surface area contributed by atoms with Gasteiger partial charge >= 0.3 is 12.2 Å². The number of carbonyl (C=O) groups excluding carboxylic acids is 1. The van der Waals surface area contributed by atoms with Crippen LogP contribution in [-0.4, -0.2) is 59.4 Å². The van der Waals surface area contributed by atoms with Crippen molar-refractivity contribution in [3.8, 4) is 5.75 Å². The molecule has 154 valence electrons. The first-order chi connectivity index (χ1) is 13.4. The van der Waals surface area contributed by atoms with Crippen LogP contribution in [0.4, 0.5) is 9.59 Å². The van der Waals surface area contributed by atoms with Crippen molar-refractivity contribution in [2.24, 2.45) is 5.92 Å². The summed E-state index contributed by atoms with van der Waals surface area (Å²) in [5.41, 5.74) is 2.23. The second kappa shape index (κ2) is 9.17. The van der Waals surface area contributed by atoms with Crippen LogP contribution in [0.1, 0.15) is 44.2 Å². The molecule has 2 heterocycles. The smallest absolute Gasteiger partial charge is 0.410 e. The van der Waals surface area contributed by atoms with Crippen molar-refractivity contribution in [2.45, 2.75) is 52.2 Å². The molecule has 0 radical (unpaired) electrons. The van der Waals surface area contributed by atoms with Crippen molar-refractivity contribution in [1.82, 2.24) is 9.80 Å². The summed E-state index contributed by atoms with van der Waals surface area (Å²) >= 11 is 0. The van der Waals surface area contributed by atoms with E-state index in [1.807, 2.05) is 32.0 Å². The van der Waals surface area contributed by atoms with Gasteiger partial charge in [-0.25, -0.2) is 9.59 Å². The van der Waals surface area contributed by atoms with Gasteiger partial charge in [0, 0.05) is 26.2 Å². The van der Waals surface area contributed by atoms with Gasteiger partial charge in [0.05, 0.1) is 12.7 Å². The Labute approximate surface area is 166 Å². The number of carboxylic acid groups (broad SMARTS) is 1. The van der Waals surface area contributed by atoms with E-state index in [0.717, 1.165) is 50.1 Å². The van der Waals surface area contributed by atoms with E-state index in [0.29, 0.717) is 25.6 Å². The topological polar surface area (TPSA) is 79.3 Å². The number of ether oxygens (including phenoxy) is 2. The Bertz CT molecular complexity index is 698. The van der Waals surface area contributed by atoms with Crippen LogP contribution in [0.5, 0.6) is 5.75 Å². The van der Waals surface area contributed by atoms with Crippen molar-refractivity contribution < 1.29 is 24.2 Å². The highest BCUT2D eigenvalue weighted by Gasteiger charge is 2.24. The Kier molecular flexibility index (Phi) is 6.65. The van der Waals surface area contributed by atoms with Crippen molar-refractivity contribution in [2.75, 3.05) is 26.2 Å². The third-order valence-corrected chi connectivity index (χ3v) is 5.46. The van der Waals surface area contributed by atoms with E-state index in [4.69, 9.17) is 14.6 Å². The molecule has 1 fully saturated rings. The van der Waals surface area contributed by atoms with Crippen LogP contribution in [-0.2, 0) is 17.7 Å². The van der Waals surface area contributed by atoms with Gasteiger partial charge in [0.1, 0.15) is 5.75 Å². The molecule has 2 amide bonds. The zero-order chi connectivity index (χ0) is 20.1. The highest BCUT2D eigenvalue weighted by molar-refractivity contribution is 5.67. The number of rotatable bonds is 5. The largest absolute Gasteiger partial charge is 0.494 e. The fourth-order valence-electron chi connectivity index (χ4n) is 3.81. The van der Waals surface area contributed by atoms with E-state index < -0.39 is 6.09 Å². The Balaban J connectivity index is 1.40. The maximum Gasteiger partial charge on any atom is 0.410 e. The molecular weight excluding hydrogens is 360 g/mol. The molecule has 3 rings (SSSR count). The zero-order valence-corrected chi connectivity index (χ0v) is 16.7. The summed E-state index contributed by atoms with van der Waals surface area (Å²) in [6.45, 7) is 6.85. The van der Waals surface area contributed by atoms with Gasteiger partial charge in [-0.15, -0.1) is 0 Å². The molecule has 1 saturated heterocycles. The second-order valence-corrected chi connectivity index (χ2v) is 7.88. The van der Waals surface area contributed by atoms with E-state index in [2.05, 4.69) is 0 Å². The molecule has 2 aliphatic heterocycles. The highest BCUT2D eigenvalue weighted by Crippen LogP contribution is 2.25. The van der Waals surface area contributed by atoms with Gasteiger partial charge in [-0.1, -0.05) is 6.07 Å².